The van der Waals surface area contributed by atoms with Gasteiger partial charge in [0.25, 0.3) is 5.69 Å². The highest BCUT2D eigenvalue weighted by Crippen LogP contribution is 2.29. The van der Waals surface area contributed by atoms with Gasteiger partial charge >= 0.3 is 0 Å². The number of halogens is 1. The van der Waals surface area contributed by atoms with E-state index in [2.05, 4.69) is 6.92 Å². The lowest BCUT2D eigenvalue weighted by atomic mass is 10.0. The van der Waals surface area contributed by atoms with Crippen LogP contribution in [0.3, 0.4) is 0 Å². The van der Waals surface area contributed by atoms with Crippen LogP contribution in [-0.4, -0.2) is 28.2 Å². The fourth-order valence-electron chi connectivity index (χ4n) is 2.65. The van der Waals surface area contributed by atoms with Gasteiger partial charge in [-0.25, -0.2) is 4.39 Å². The molecule has 0 radical (unpaired) electrons. The number of unbranched alkanes of at least 4 members (excludes halogenated alkanes) is 1. The SMILES string of the molecule is CCCCC(CO)CSc1ccc(F)cc1C(=O)c1cccc([N+](=O)[O-])c1. The predicted octanol–water partition coefficient (Wildman–Crippen LogP) is 4.86. The molecule has 0 aliphatic rings. The van der Waals surface area contributed by atoms with Crippen LogP contribution in [-0.2, 0) is 0 Å². The van der Waals surface area contributed by atoms with Gasteiger partial charge in [0.15, 0.2) is 5.78 Å². The number of aliphatic hydroxyl groups is 1. The molecular formula is C20H22FNO4S. The molecule has 1 N–H and O–H groups in total. The molecule has 1 atom stereocenters. The van der Waals surface area contributed by atoms with E-state index in [0.717, 1.165) is 25.3 Å². The number of thioether (sulfide) groups is 1. The molecule has 2 rings (SSSR count). The van der Waals surface area contributed by atoms with Gasteiger partial charge in [-0.05, 0) is 30.5 Å². The second-order valence-corrected chi connectivity index (χ2v) is 7.34. The van der Waals surface area contributed by atoms with E-state index >= 15 is 0 Å². The number of ketones is 1. The lowest BCUT2D eigenvalue weighted by Gasteiger charge is -2.15. The van der Waals surface area contributed by atoms with Crippen molar-refractivity contribution >= 4 is 23.2 Å². The zero-order chi connectivity index (χ0) is 19.8. The van der Waals surface area contributed by atoms with Gasteiger partial charge in [0.1, 0.15) is 5.82 Å². The van der Waals surface area contributed by atoms with Crippen LogP contribution in [0.5, 0.6) is 0 Å². The molecule has 0 spiro atoms. The molecule has 0 fully saturated rings. The van der Waals surface area contributed by atoms with Crippen LogP contribution in [0.1, 0.15) is 42.1 Å². The smallest absolute Gasteiger partial charge is 0.270 e. The van der Waals surface area contributed by atoms with E-state index in [1.54, 1.807) is 6.07 Å². The van der Waals surface area contributed by atoms with Gasteiger partial charge < -0.3 is 5.11 Å². The lowest BCUT2D eigenvalue weighted by molar-refractivity contribution is -0.384. The summed E-state index contributed by atoms with van der Waals surface area (Å²) in [4.78, 5) is 23.8. The highest BCUT2D eigenvalue weighted by atomic mass is 32.2. The van der Waals surface area contributed by atoms with Crippen LogP contribution in [0.25, 0.3) is 0 Å². The Balaban J connectivity index is 2.25. The van der Waals surface area contributed by atoms with Crippen molar-refractivity contribution in [3.8, 4) is 0 Å². The molecule has 27 heavy (non-hydrogen) atoms. The first-order valence-corrected chi connectivity index (χ1v) is 9.77. The first-order valence-electron chi connectivity index (χ1n) is 8.78. The summed E-state index contributed by atoms with van der Waals surface area (Å²) in [7, 11) is 0. The molecule has 1 unspecified atom stereocenters. The van der Waals surface area contributed by atoms with Crippen LogP contribution < -0.4 is 0 Å². The van der Waals surface area contributed by atoms with Gasteiger partial charge in [-0.2, -0.15) is 0 Å². The lowest BCUT2D eigenvalue weighted by Crippen LogP contribution is -2.10. The molecular weight excluding hydrogens is 369 g/mol. The van der Waals surface area contributed by atoms with Crippen molar-refractivity contribution in [2.45, 2.75) is 31.1 Å². The first-order chi connectivity index (χ1) is 13.0. The second-order valence-electron chi connectivity index (χ2n) is 6.28. The van der Waals surface area contributed by atoms with E-state index in [9.17, 15) is 24.4 Å². The maximum atomic E-state index is 13.8. The van der Waals surface area contributed by atoms with Gasteiger partial charge in [0, 0.05) is 40.5 Å². The quantitative estimate of drug-likeness (QED) is 0.271. The van der Waals surface area contributed by atoms with Crippen LogP contribution in [0.2, 0.25) is 0 Å². The third-order valence-corrected chi connectivity index (χ3v) is 5.51. The third-order valence-electron chi connectivity index (χ3n) is 4.20. The van der Waals surface area contributed by atoms with Crippen LogP contribution in [0.15, 0.2) is 47.4 Å². The van der Waals surface area contributed by atoms with Crippen molar-refractivity contribution in [1.29, 1.82) is 0 Å². The van der Waals surface area contributed by atoms with Crippen LogP contribution >= 0.6 is 11.8 Å². The van der Waals surface area contributed by atoms with Crippen molar-refractivity contribution in [3.63, 3.8) is 0 Å². The van der Waals surface area contributed by atoms with Gasteiger partial charge in [-0.15, -0.1) is 11.8 Å². The number of benzene rings is 2. The van der Waals surface area contributed by atoms with E-state index in [-0.39, 0.29) is 29.3 Å². The van der Waals surface area contributed by atoms with E-state index in [4.69, 9.17) is 0 Å². The number of rotatable bonds is 10. The Morgan fingerprint density at radius 2 is 2.07 bits per heavy atom. The largest absolute Gasteiger partial charge is 0.396 e. The third kappa shape index (κ3) is 5.87. The minimum atomic E-state index is -0.572. The maximum absolute atomic E-state index is 13.8. The van der Waals surface area contributed by atoms with Gasteiger partial charge in [0.05, 0.1) is 4.92 Å². The van der Waals surface area contributed by atoms with E-state index in [1.165, 1.54) is 42.1 Å². The summed E-state index contributed by atoms with van der Waals surface area (Å²) >= 11 is 1.39. The Kier molecular flexibility index (Phi) is 7.94. The summed E-state index contributed by atoms with van der Waals surface area (Å²) in [5, 5.41) is 20.4. The zero-order valence-corrected chi connectivity index (χ0v) is 15.9. The summed E-state index contributed by atoms with van der Waals surface area (Å²) in [5.41, 5.74) is 0.125. The highest BCUT2D eigenvalue weighted by Gasteiger charge is 2.19. The van der Waals surface area contributed by atoms with E-state index in [0.29, 0.717) is 10.6 Å². The topological polar surface area (TPSA) is 80.4 Å². The Bertz CT molecular complexity index is 812. The normalized spacial score (nSPS) is 12.0. The summed E-state index contributed by atoms with van der Waals surface area (Å²) in [6, 6.07) is 9.39. The minimum Gasteiger partial charge on any atom is -0.396 e. The second kappa shape index (κ2) is 10.2. The molecule has 7 heteroatoms. The number of hydrogen-bond acceptors (Lipinski definition) is 5. The van der Waals surface area contributed by atoms with Crippen LogP contribution in [0.4, 0.5) is 10.1 Å². The van der Waals surface area contributed by atoms with Crippen molar-refractivity contribution < 1.29 is 19.2 Å². The van der Waals surface area contributed by atoms with Crippen molar-refractivity contribution in [3.05, 3.63) is 69.5 Å². The number of aliphatic hydroxyl groups excluding tert-OH is 1. The molecule has 0 aliphatic carbocycles. The fourth-order valence-corrected chi connectivity index (χ4v) is 3.81. The molecule has 2 aromatic rings. The summed E-state index contributed by atoms with van der Waals surface area (Å²) in [6.07, 6.45) is 2.93. The minimum absolute atomic E-state index is 0.0579. The van der Waals surface area contributed by atoms with Crippen molar-refractivity contribution in [1.82, 2.24) is 0 Å². The number of nitro groups is 1. The molecule has 144 valence electrons. The van der Waals surface area contributed by atoms with Gasteiger partial charge in [0.2, 0.25) is 0 Å². The highest BCUT2D eigenvalue weighted by molar-refractivity contribution is 7.99. The first kappa shape index (κ1) is 21.1. The summed E-state index contributed by atoms with van der Waals surface area (Å²) < 4.78 is 13.8. The fraction of sp³-hybridized carbons (Fsp3) is 0.350. The molecule has 2 aromatic carbocycles. The van der Waals surface area contributed by atoms with E-state index in [1.807, 2.05) is 0 Å². The monoisotopic (exact) mass is 391 g/mol. The molecule has 0 aliphatic heterocycles. The number of hydrogen-bond donors (Lipinski definition) is 1. The zero-order valence-electron chi connectivity index (χ0n) is 15.1. The summed E-state index contributed by atoms with van der Waals surface area (Å²) in [6.45, 7) is 2.14. The number of nitrogens with zero attached hydrogens (tertiary/aromatic N) is 1. The van der Waals surface area contributed by atoms with Gasteiger partial charge in [-0.3, -0.25) is 14.9 Å². The molecule has 0 amide bonds. The summed E-state index contributed by atoms with van der Waals surface area (Å²) in [5.74, 6) is -0.300. The van der Waals surface area contributed by atoms with Crippen molar-refractivity contribution in [2.24, 2.45) is 5.92 Å². The van der Waals surface area contributed by atoms with E-state index < -0.39 is 16.5 Å². The van der Waals surface area contributed by atoms with Gasteiger partial charge in [-0.1, -0.05) is 31.9 Å². The standard InChI is InChI=1S/C20H22FNO4S/c1-2-3-5-14(12-23)13-27-19-9-8-16(21)11-18(19)20(24)15-6-4-7-17(10-15)22(25)26/h4,6-11,14,23H,2-3,5,12-13H2,1H3. The average molecular weight is 391 g/mol. The Hall–Kier alpha value is -2.25. The molecule has 5 nitrogen and oxygen atoms in total. The predicted molar refractivity (Wildman–Crippen MR) is 104 cm³/mol. The van der Waals surface area contributed by atoms with Crippen LogP contribution in [0, 0.1) is 21.8 Å². The Labute approximate surface area is 161 Å². The molecule has 0 heterocycles. The maximum Gasteiger partial charge on any atom is 0.270 e. The Morgan fingerprint density at radius 3 is 2.74 bits per heavy atom. The average Bonchev–Trinajstić information content (AvgIpc) is 2.68. The number of carbonyl (C=O) groups excluding carboxylic acids is 1. The number of nitro benzene ring substituents is 1. The Morgan fingerprint density at radius 1 is 1.30 bits per heavy atom. The molecule has 0 saturated heterocycles. The molecule has 0 aromatic heterocycles. The molecule has 0 saturated carbocycles. The number of non-ortho nitro benzene ring substituents is 1. The van der Waals surface area contributed by atoms with Crippen molar-refractivity contribution in [2.75, 3.05) is 12.4 Å². The molecule has 0 bridgehead atoms. The number of carbonyl (C=O) groups is 1.